The molecule has 11 heteroatoms. The van der Waals surface area contributed by atoms with Crippen LogP contribution in [-0.2, 0) is 14.9 Å². The summed E-state index contributed by atoms with van der Waals surface area (Å²) in [6.07, 6.45) is 1.70. The Morgan fingerprint density at radius 1 is 1.03 bits per heavy atom. The number of benzene rings is 2. The minimum Gasteiger partial charge on any atom is -0.425 e. The molecule has 2 N–H and O–H groups in total. The lowest BCUT2D eigenvalue weighted by Gasteiger charge is -2.25. The SMILES string of the molecule is CC(C)(C)c1cc(NC(=O)Nc2ccc(-n3cnc4cc(OC(=O)CN5CCOCC5)ccc43)cc2)no1. The van der Waals surface area contributed by atoms with Gasteiger partial charge in [-0.25, -0.2) is 9.78 Å². The topological polar surface area (TPSA) is 124 Å². The molecule has 2 amide bonds. The number of carbonyl (C=O) groups is 2. The first-order chi connectivity index (χ1) is 18.2. The van der Waals surface area contributed by atoms with Crippen LogP contribution in [0.5, 0.6) is 5.75 Å². The maximum Gasteiger partial charge on any atom is 0.325 e. The molecular formula is C27H30N6O5. The van der Waals surface area contributed by atoms with Gasteiger partial charge in [-0.1, -0.05) is 25.9 Å². The fraction of sp³-hybridized carbons (Fsp3) is 0.333. The number of esters is 1. The van der Waals surface area contributed by atoms with E-state index < -0.39 is 6.03 Å². The van der Waals surface area contributed by atoms with Gasteiger partial charge in [0.15, 0.2) is 5.82 Å². The molecule has 0 unspecified atom stereocenters. The van der Waals surface area contributed by atoms with E-state index in [0.717, 1.165) is 24.3 Å². The molecular weight excluding hydrogens is 488 g/mol. The third-order valence-electron chi connectivity index (χ3n) is 6.10. The number of ether oxygens (including phenoxy) is 2. The Balaban J connectivity index is 1.20. The van der Waals surface area contributed by atoms with Crippen LogP contribution in [0.25, 0.3) is 16.7 Å². The van der Waals surface area contributed by atoms with E-state index in [1.807, 2.05) is 48.4 Å². The highest BCUT2D eigenvalue weighted by Gasteiger charge is 2.20. The van der Waals surface area contributed by atoms with Crippen LogP contribution in [0.15, 0.2) is 59.4 Å². The molecule has 1 saturated heterocycles. The van der Waals surface area contributed by atoms with E-state index in [0.29, 0.717) is 41.7 Å². The second-order valence-electron chi connectivity index (χ2n) is 10.1. The van der Waals surface area contributed by atoms with Gasteiger partial charge in [0.1, 0.15) is 17.8 Å². The van der Waals surface area contributed by atoms with Crippen LogP contribution in [-0.4, -0.2) is 64.5 Å². The number of rotatable bonds is 6. The Morgan fingerprint density at radius 3 is 2.50 bits per heavy atom. The standard InChI is InChI=1S/C27H30N6O5/c1-27(2,3)23-15-24(31-38-23)30-26(35)29-18-4-6-19(7-5-18)33-17-28-21-14-20(8-9-22(21)33)37-25(34)16-32-10-12-36-13-11-32/h4-9,14-15,17H,10-13,16H2,1-3H3,(H2,29,30,31,35). The number of hydrogen-bond acceptors (Lipinski definition) is 8. The first-order valence-electron chi connectivity index (χ1n) is 12.4. The molecule has 0 radical (unpaired) electrons. The third-order valence-corrected chi connectivity index (χ3v) is 6.10. The maximum absolute atomic E-state index is 12.4. The van der Waals surface area contributed by atoms with Crippen molar-refractivity contribution in [2.24, 2.45) is 0 Å². The number of urea groups is 1. The van der Waals surface area contributed by atoms with Crippen molar-refractivity contribution in [1.29, 1.82) is 0 Å². The number of amides is 2. The number of anilines is 2. The first kappa shape index (κ1) is 25.4. The smallest absolute Gasteiger partial charge is 0.325 e. The highest BCUT2D eigenvalue weighted by Crippen LogP contribution is 2.25. The van der Waals surface area contributed by atoms with Crippen molar-refractivity contribution in [3.8, 4) is 11.4 Å². The van der Waals surface area contributed by atoms with E-state index in [-0.39, 0.29) is 17.9 Å². The van der Waals surface area contributed by atoms with Crippen LogP contribution in [0, 0.1) is 0 Å². The van der Waals surface area contributed by atoms with Crippen LogP contribution in [0.2, 0.25) is 0 Å². The number of nitrogens with one attached hydrogen (secondary N) is 2. The van der Waals surface area contributed by atoms with Gasteiger partial charge >= 0.3 is 12.0 Å². The zero-order valence-corrected chi connectivity index (χ0v) is 21.6. The van der Waals surface area contributed by atoms with Crippen molar-refractivity contribution in [2.75, 3.05) is 43.5 Å². The largest absolute Gasteiger partial charge is 0.425 e. The highest BCUT2D eigenvalue weighted by molar-refractivity contribution is 5.99. The molecule has 198 valence electrons. The average Bonchev–Trinajstić information content (AvgIpc) is 3.52. The number of fused-ring (bicyclic) bond motifs is 1. The number of imidazole rings is 1. The Kier molecular flexibility index (Phi) is 7.12. The quantitative estimate of drug-likeness (QED) is 0.288. The van der Waals surface area contributed by atoms with E-state index >= 15 is 0 Å². The van der Waals surface area contributed by atoms with Crippen LogP contribution in [0.1, 0.15) is 26.5 Å². The van der Waals surface area contributed by atoms with Gasteiger partial charge in [0.2, 0.25) is 0 Å². The fourth-order valence-corrected chi connectivity index (χ4v) is 4.04. The normalized spacial score (nSPS) is 14.4. The van der Waals surface area contributed by atoms with Crippen molar-refractivity contribution in [3.05, 3.63) is 60.6 Å². The molecule has 0 saturated carbocycles. The lowest BCUT2D eigenvalue weighted by molar-refractivity contribution is -0.136. The van der Waals surface area contributed by atoms with Crippen LogP contribution >= 0.6 is 0 Å². The molecule has 0 atom stereocenters. The Morgan fingerprint density at radius 2 is 1.79 bits per heavy atom. The summed E-state index contributed by atoms with van der Waals surface area (Å²) in [4.78, 5) is 31.2. The van der Waals surface area contributed by atoms with E-state index in [1.165, 1.54) is 0 Å². The lowest BCUT2D eigenvalue weighted by atomic mass is 9.93. The van der Waals surface area contributed by atoms with Crippen molar-refractivity contribution in [2.45, 2.75) is 26.2 Å². The van der Waals surface area contributed by atoms with Gasteiger partial charge in [-0.05, 0) is 36.4 Å². The number of hydrogen-bond donors (Lipinski definition) is 2. The molecule has 11 nitrogen and oxygen atoms in total. The van der Waals surface area contributed by atoms with E-state index in [9.17, 15) is 9.59 Å². The summed E-state index contributed by atoms with van der Waals surface area (Å²) in [5.41, 5.74) is 2.83. The molecule has 38 heavy (non-hydrogen) atoms. The van der Waals surface area contributed by atoms with Gasteiger partial charge in [-0.3, -0.25) is 19.6 Å². The molecule has 5 rings (SSSR count). The molecule has 4 aromatic rings. The average molecular weight is 519 g/mol. The molecule has 2 aromatic heterocycles. The number of morpholine rings is 1. The van der Waals surface area contributed by atoms with Crippen molar-refractivity contribution in [3.63, 3.8) is 0 Å². The first-order valence-corrected chi connectivity index (χ1v) is 12.4. The number of carbonyl (C=O) groups excluding carboxylic acids is 2. The minimum atomic E-state index is -0.421. The van der Waals surface area contributed by atoms with Gasteiger partial charge in [-0.15, -0.1) is 0 Å². The summed E-state index contributed by atoms with van der Waals surface area (Å²) in [7, 11) is 0. The molecule has 2 aromatic carbocycles. The van der Waals surface area contributed by atoms with E-state index in [1.54, 1.807) is 36.7 Å². The van der Waals surface area contributed by atoms with Gasteiger partial charge in [0.25, 0.3) is 0 Å². The molecule has 0 aliphatic carbocycles. The summed E-state index contributed by atoms with van der Waals surface area (Å²) in [5, 5.41) is 9.36. The number of aromatic nitrogens is 3. The predicted octanol–water partition coefficient (Wildman–Crippen LogP) is 4.19. The minimum absolute atomic E-state index is 0.203. The van der Waals surface area contributed by atoms with Crippen LogP contribution in [0.4, 0.5) is 16.3 Å². The van der Waals surface area contributed by atoms with Crippen molar-refractivity contribution in [1.82, 2.24) is 19.6 Å². The molecule has 0 bridgehead atoms. The molecule has 3 heterocycles. The van der Waals surface area contributed by atoms with E-state index in [2.05, 4.69) is 20.8 Å². The summed E-state index contributed by atoms with van der Waals surface area (Å²) in [6, 6.07) is 14.0. The summed E-state index contributed by atoms with van der Waals surface area (Å²) >= 11 is 0. The van der Waals surface area contributed by atoms with Gasteiger partial charge < -0.3 is 19.3 Å². The molecule has 1 aliphatic rings. The Hall–Kier alpha value is -4.22. The molecule has 1 aliphatic heterocycles. The third kappa shape index (κ3) is 6.01. The van der Waals surface area contributed by atoms with Crippen molar-refractivity contribution >= 4 is 34.5 Å². The Labute approximate surface area is 219 Å². The van der Waals surface area contributed by atoms with Crippen LogP contribution in [0.3, 0.4) is 0 Å². The monoisotopic (exact) mass is 518 g/mol. The number of nitrogens with zero attached hydrogens (tertiary/aromatic N) is 4. The summed E-state index contributed by atoms with van der Waals surface area (Å²) in [6.45, 7) is 8.93. The molecule has 0 spiro atoms. The zero-order valence-electron chi connectivity index (χ0n) is 21.6. The van der Waals surface area contributed by atoms with Gasteiger partial charge in [-0.2, -0.15) is 0 Å². The second kappa shape index (κ2) is 10.6. The summed E-state index contributed by atoms with van der Waals surface area (Å²) in [5.74, 6) is 1.17. The fourth-order valence-electron chi connectivity index (χ4n) is 4.04. The lowest BCUT2D eigenvalue weighted by Crippen LogP contribution is -2.40. The van der Waals surface area contributed by atoms with Gasteiger partial charge in [0, 0.05) is 42.0 Å². The Bertz CT molecular complexity index is 1430. The zero-order chi connectivity index (χ0) is 26.7. The van der Waals surface area contributed by atoms with E-state index in [4.69, 9.17) is 14.0 Å². The van der Waals surface area contributed by atoms with Crippen molar-refractivity contribution < 1.29 is 23.6 Å². The second-order valence-corrected chi connectivity index (χ2v) is 10.1. The summed E-state index contributed by atoms with van der Waals surface area (Å²) < 4.78 is 18.1. The predicted molar refractivity (Wildman–Crippen MR) is 142 cm³/mol. The van der Waals surface area contributed by atoms with Gasteiger partial charge in [0.05, 0.1) is 30.8 Å². The highest BCUT2D eigenvalue weighted by atomic mass is 16.5. The maximum atomic E-state index is 12.4. The molecule has 1 fully saturated rings. The van der Waals surface area contributed by atoms with Crippen LogP contribution < -0.4 is 15.4 Å².